The summed E-state index contributed by atoms with van der Waals surface area (Å²) in [6.45, 7) is 2.25. The van der Waals surface area contributed by atoms with Crippen LogP contribution in [0.2, 0.25) is 5.02 Å². The average Bonchev–Trinajstić information content (AvgIpc) is 3.31. The van der Waals surface area contributed by atoms with Crippen molar-refractivity contribution in [2.45, 2.75) is 50.6 Å². The van der Waals surface area contributed by atoms with Gasteiger partial charge in [-0.15, -0.1) is 0 Å². The van der Waals surface area contributed by atoms with Gasteiger partial charge in [0.25, 0.3) is 0 Å². The zero-order valence-electron chi connectivity index (χ0n) is 18.7. The Morgan fingerprint density at radius 1 is 0.970 bits per heavy atom. The number of aromatic amines is 1. The highest BCUT2D eigenvalue weighted by molar-refractivity contribution is 6.30. The fourth-order valence-corrected chi connectivity index (χ4v) is 5.03. The highest BCUT2D eigenvalue weighted by Gasteiger charge is 2.29. The lowest BCUT2D eigenvalue weighted by molar-refractivity contribution is 0.319. The number of halogens is 1. The first-order valence-electron chi connectivity index (χ1n) is 11.6. The molecule has 0 saturated heterocycles. The largest absolute Gasteiger partial charge is 0.307 e. The predicted octanol–water partition coefficient (Wildman–Crippen LogP) is 6.56. The van der Waals surface area contributed by atoms with Crippen LogP contribution in [-0.2, 0) is 0 Å². The molecule has 0 amide bonds. The topological polar surface area (TPSA) is 66.5 Å². The van der Waals surface area contributed by atoms with Crippen LogP contribution in [0.4, 0.5) is 0 Å². The molecule has 1 aliphatic rings. The molecule has 2 aromatic carbocycles. The SMILES string of the molecule is CC(NC1CCC(c2[nH]nc(-c3ccc(Cl)cc3)c2-c2ccncn2)CC1)c1ccccc1. The Hall–Kier alpha value is -3.02. The molecule has 2 aromatic heterocycles. The van der Waals surface area contributed by atoms with E-state index in [1.54, 1.807) is 12.5 Å². The van der Waals surface area contributed by atoms with Crippen molar-refractivity contribution in [1.29, 1.82) is 0 Å². The van der Waals surface area contributed by atoms with Gasteiger partial charge in [-0.3, -0.25) is 5.10 Å². The van der Waals surface area contributed by atoms with Crippen LogP contribution in [0, 0.1) is 0 Å². The predicted molar refractivity (Wildman–Crippen MR) is 133 cm³/mol. The van der Waals surface area contributed by atoms with Gasteiger partial charge in [0, 0.05) is 46.0 Å². The number of hydrogen-bond donors (Lipinski definition) is 2. The summed E-state index contributed by atoms with van der Waals surface area (Å²) in [4.78, 5) is 8.67. The first kappa shape index (κ1) is 21.8. The van der Waals surface area contributed by atoms with Crippen molar-refractivity contribution in [2.24, 2.45) is 0 Å². The molecule has 1 saturated carbocycles. The average molecular weight is 458 g/mol. The van der Waals surface area contributed by atoms with E-state index in [1.165, 1.54) is 11.3 Å². The molecule has 0 radical (unpaired) electrons. The second-order valence-corrected chi connectivity index (χ2v) is 9.25. The molecule has 2 heterocycles. The Labute approximate surface area is 199 Å². The van der Waals surface area contributed by atoms with Crippen LogP contribution in [0.25, 0.3) is 22.5 Å². The normalized spacial score (nSPS) is 19.3. The molecule has 1 fully saturated rings. The molecule has 0 aliphatic heterocycles. The van der Waals surface area contributed by atoms with Gasteiger partial charge < -0.3 is 5.32 Å². The second kappa shape index (κ2) is 9.86. The number of benzene rings is 2. The number of H-pyrrole nitrogens is 1. The molecule has 5 rings (SSSR count). The van der Waals surface area contributed by atoms with Gasteiger partial charge in [-0.2, -0.15) is 5.10 Å². The fraction of sp³-hybridized carbons (Fsp3) is 0.296. The maximum atomic E-state index is 6.12. The van der Waals surface area contributed by atoms with Crippen LogP contribution < -0.4 is 5.32 Å². The number of nitrogens with one attached hydrogen (secondary N) is 2. The van der Waals surface area contributed by atoms with Crippen molar-refractivity contribution < 1.29 is 0 Å². The smallest absolute Gasteiger partial charge is 0.116 e. The van der Waals surface area contributed by atoms with Gasteiger partial charge in [-0.25, -0.2) is 9.97 Å². The number of aromatic nitrogens is 4. The zero-order valence-corrected chi connectivity index (χ0v) is 19.5. The monoisotopic (exact) mass is 457 g/mol. The van der Waals surface area contributed by atoms with E-state index < -0.39 is 0 Å². The highest BCUT2D eigenvalue weighted by atomic mass is 35.5. The van der Waals surface area contributed by atoms with Crippen LogP contribution in [0.15, 0.2) is 73.2 Å². The Morgan fingerprint density at radius 2 is 1.73 bits per heavy atom. The van der Waals surface area contributed by atoms with E-state index in [2.05, 4.69) is 57.6 Å². The van der Waals surface area contributed by atoms with Crippen LogP contribution in [-0.4, -0.2) is 26.2 Å². The number of hydrogen-bond acceptors (Lipinski definition) is 4. The van der Waals surface area contributed by atoms with Crippen molar-refractivity contribution in [3.05, 3.63) is 89.5 Å². The molecule has 6 heteroatoms. The van der Waals surface area contributed by atoms with Crippen LogP contribution in [0.1, 0.15) is 55.8 Å². The minimum atomic E-state index is 0.355. The van der Waals surface area contributed by atoms with Crippen molar-refractivity contribution in [2.75, 3.05) is 0 Å². The molecule has 168 valence electrons. The minimum absolute atomic E-state index is 0.355. The molecule has 5 nitrogen and oxygen atoms in total. The van der Waals surface area contributed by atoms with Gasteiger partial charge in [0.2, 0.25) is 0 Å². The molecule has 1 aliphatic carbocycles. The molecular formula is C27H28ClN5. The summed E-state index contributed by atoms with van der Waals surface area (Å²) < 4.78 is 0. The summed E-state index contributed by atoms with van der Waals surface area (Å²) in [6.07, 6.45) is 7.89. The van der Waals surface area contributed by atoms with Gasteiger partial charge in [-0.1, -0.05) is 54.1 Å². The first-order chi connectivity index (χ1) is 16.2. The summed E-state index contributed by atoms with van der Waals surface area (Å²) in [5.74, 6) is 0.425. The van der Waals surface area contributed by atoms with E-state index in [4.69, 9.17) is 16.7 Å². The summed E-state index contributed by atoms with van der Waals surface area (Å²) in [5, 5.41) is 12.7. The van der Waals surface area contributed by atoms with E-state index in [-0.39, 0.29) is 0 Å². The highest BCUT2D eigenvalue weighted by Crippen LogP contribution is 2.41. The summed E-state index contributed by atoms with van der Waals surface area (Å²) >= 11 is 6.12. The third-order valence-corrected chi connectivity index (χ3v) is 6.92. The minimum Gasteiger partial charge on any atom is -0.307 e. The Bertz CT molecular complexity index is 1170. The fourth-order valence-electron chi connectivity index (χ4n) is 4.91. The standard InChI is InChI=1S/C27H28ClN5/c1-18(19-5-3-2-4-6-19)31-23-13-9-21(10-14-23)27-25(24-15-16-29-17-30-24)26(32-33-27)20-7-11-22(28)12-8-20/h2-8,11-12,15-18,21,23,31H,9-10,13-14H2,1H3,(H,32,33). The van der Waals surface area contributed by atoms with Crippen molar-refractivity contribution >= 4 is 11.6 Å². The number of nitrogens with zero attached hydrogens (tertiary/aromatic N) is 3. The molecule has 1 unspecified atom stereocenters. The molecule has 33 heavy (non-hydrogen) atoms. The van der Waals surface area contributed by atoms with Gasteiger partial charge in [0.1, 0.15) is 12.0 Å². The maximum absolute atomic E-state index is 6.12. The Morgan fingerprint density at radius 3 is 2.42 bits per heavy atom. The third-order valence-electron chi connectivity index (χ3n) is 6.67. The van der Waals surface area contributed by atoms with E-state index in [1.807, 2.05) is 30.3 Å². The Kier molecular flexibility index (Phi) is 6.51. The first-order valence-corrected chi connectivity index (χ1v) is 12.0. The van der Waals surface area contributed by atoms with E-state index in [0.29, 0.717) is 23.0 Å². The molecule has 0 spiro atoms. The van der Waals surface area contributed by atoms with Crippen molar-refractivity contribution in [1.82, 2.24) is 25.5 Å². The van der Waals surface area contributed by atoms with Crippen LogP contribution in [0.3, 0.4) is 0 Å². The van der Waals surface area contributed by atoms with Crippen LogP contribution >= 0.6 is 11.6 Å². The molecular weight excluding hydrogens is 430 g/mol. The summed E-state index contributed by atoms with van der Waals surface area (Å²) in [6, 6.07) is 21.3. The van der Waals surface area contributed by atoms with Crippen molar-refractivity contribution in [3.63, 3.8) is 0 Å². The molecule has 2 N–H and O–H groups in total. The van der Waals surface area contributed by atoms with Gasteiger partial charge in [0.15, 0.2) is 0 Å². The van der Waals surface area contributed by atoms with E-state index >= 15 is 0 Å². The van der Waals surface area contributed by atoms with Gasteiger partial charge in [0.05, 0.1) is 5.69 Å². The maximum Gasteiger partial charge on any atom is 0.116 e. The third kappa shape index (κ3) is 4.85. The molecule has 0 bridgehead atoms. The lowest BCUT2D eigenvalue weighted by Gasteiger charge is -2.31. The van der Waals surface area contributed by atoms with E-state index in [0.717, 1.165) is 48.2 Å². The Balaban J connectivity index is 1.36. The zero-order chi connectivity index (χ0) is 22.6. The summed E-state index contributed by atoms with van der Waals surface area (Å²) in [5.41, 5.74) is 6.44. The van der Waals surface area contributed by atoms with Gasteiger partial charge >= 0.3 is 0 Å². The lowest BCUT2D eigenvalue weighted by atomic mass is 9.81. The molecule has 1 atom stereocenters. The van der Waals surface area contributed by atoms with Crippen LogP contribution in [0.5, 0.6) is 0 Å². The van der Waals surface area contributed by atoms with Crippen molar-refractivity contribution in [3.8, 4) is 22.5 Å². The quantitative estimate of drug-likeness (QED) is 0.344. The van der Waals surface area contributed by atoms with E-state index in [9.17, 15) is 0 Å². The molecule has 4 aromatic rings. The lowest BCUT2D eigenvalue weighted by Crippen LogP contribution is -2.34. The summed E-state index contributed by atoms with van der Waals surface area (Å²) in [7, 11) is 0. The number of rotatable bonds is 6. The second-order valence-electron chi connectivity index (χ2n) is 8.81. The van der Waals surface area contributed by atoms with Gasteiger partial charge in [-0.05, 0) is 56.4 Å².